The lowest BCUT2D eigenvalue weighted by atomic mass is 10.0. The van der Waals surface area contributed by atoms with Gasteiger partial charge in [-0.3, -0.25) is 0 Å². The maximum atomic E-state index is 5.79. The predicted octanol–water partition coefficient (Wildman–Crippen LogP) is 5.12. The van der Waals surface area contributed by atoms with Gasteiger partial charge in [0.25, 0.3) is 0 Å². The lowest BCUT2D eigenvalue weighted by molar-refractivity contribution is 0.354. The van der Waals surface area contributed by atoms with Gasteiger partial charge in [0.1, 0.15) is 5.75 Å². The third-order valence-electron chi connectivity index (χ3n) is 3.88. The molecule has 110 valence electrons. The van der Waals surface area contributed by atoms with Crippen LogP contribution in [0.3, 0.4) is 0 Å². The molecule has 0 radical (unpaired) electrons. The molecule has 0 amide bonds. The number of rotatable bonds is 4. The van der Waals surface area contributed by atoms with Crippen molar-refractivity contribution < 1.29 is 4.74 Å². The molecule has 1 N–H and O–H groups in total. The maximum absolute atomic E-state index is 5.79. The van der Waals surface area contributed by atoms with Crippen LogP contribution in [-0.2, 0) is 13.0 Å². The van der Waals surface area contributed by atoms with Crippen LogP contribution in [0.1, 0.15) is 36.5 Å². The smallest absolute Gasteiger partial charge is 0.127 e. The van der Waals surface area contributed by atoms with E-state index in [9.17, 15) is 0 Å². The van der Waals surface area contributed by atoms with Crippen molar-refractivity contribution >= 4 is 21.6 Å². The van der Waals surface area contributed by atoms with Gasteiger partial charge in [-0.2, -0.15) is 0 Å². The molecule has 0 atom stereocenters. The number of anilines is 1. The average molecular weight is 346 g/mol. The number of fused-ring (bicyclic) bond motifs is 1. The van der Waals surface area contributed by atoms with Crippen LogP contribution in [-0.4, -0.2) is 6.61 Å². The van der Waals surface area contributed by atoms with E-state index in [0.717, 1.165) is 29.8 Å². The second-order valence-corrected chi connectivity index (χ2v) is 6.66. The van der Waals surface area contributed by atoms with Gasteiger partial charge in [-0.1, -0.05) is 48.0 Å². The summed E-state index contributed by atoms with van der Waals surface area (Å²) in [5.74, 6) is 1.57. The molecule has 0 saturated carbocycles. The third-order valence-corrected chi connectivity index (χ3v) is 4.34. The van der Waals surface area contributed by atoms with Crippen LogP contribution in [0.2, 0.25) is 0 Å². The Labute approximate surface area is 134 Å². The fourth-order valence-electron chi connectivity index (χ4n) is 2.83. The van der Waals surface area contributed by atoms with E-state index in [1.54, 1.807) is 0 Å². The zero-order valence-corrected chi connectivity index (χ0v) is 14.0. The van der Waals surface area contributed by atoms with Crippen LogP contribution < -0.4 is 10.1 Å². The summed E-state index contributed by atoms with van der Waals surface area (Å²) in [5, 5.41) is 3.57. The molecular formula is C18H20BrNO. The molecule has 1 aliphatic rings. The highest BCUT2D eigenvalue weighted by Gasteiger charge is 2.17. The van der Waals surface area contributed by atoms with E-state index in [0.29, 0.717) is 5.92 Å². The Balaban J connectivity index is 1.83. The quantitative estimate of drug-likeness (QED) is 0.830. The molecule has 1 heterocycles. The molecule has 2 nitrogen and oxygen atoms in total. The highest BCUT2D eigenvalue weighted by atomic mass is 79.9. The van der Waals surface area contributed by atoms with Crippen LogP contribution in [0.5, 0.6) is 5.75 Å². The number of hydrogen-bond donors (Lipinski definition) is 1. The number of hydrogen-bond acceptors (Lipinski definition) is 2. The summed E-state index contributed by atoms with van der Waals surface area (Å²) in [6, 6.07) is 12.8. The molecule has 3 rings (SSSR count). The van der Waals surface area contributed by atoms with E-state index in [1.807, 2.05) is 0 Å². The lowest BCUT2D eigenvalue weighted by Gasteiger charge is -2.16. The summed E-state index contributed by atoms with van der Waals surface area (Å²) in [5.41, 5.74) is 5.08. The summed E-state index contributed by atoms with van der Waals surface area (Å²) in [6.07, 6.45) is 1.00. The SMILES string of the molecule is CC(C)c1ccccc1NCc1cc(Br)cc2c1OCC2. The second-order valence-electron chi connectivity index (χ2n) is 5.75. The number of benzene rings is 2. The molecule has 0 bridgehead atoms. The van der Waals surface area contributed by atoms with Gasteiger partial charge in [-0.15, -0.1) is 0 Å². The van der Waals surface area contributed by atoms with Crippen molar-refractivity contribution in [2.45, 2.75) is 32.7 Å². The first-order valence-corrected chi connectivity index (χ1v) is 8.21. The minimum Gasteiger partial charge on any atom is -0.493 e. The normalized spacial score (nSPS) is 13.1. The Bertz CT molecular complexity index is 652. The summed E-state index contributed by atoms with van der Waals surface area (Å²) >= 11 is 3.60. The van der Waals surface area contributed by atoms with E-state index in [-0.39, 0.29) is 0 Å². The number of para-hydroxylation sites is 1. The van der Waals surface area contributed by atoms with Gasteiger partial charge in [0.15, 0.2) is 0 Å². The third kappa shape index (κ3) is 3.08. The average Bonchev–Trinajstić information content (AvgIpc) is 2.93. The van der Waals surface area contributed by atoms with Gasteiger partial charge < -0.3 is 10.1 Å². The molecule has 3 heteroatoms. The van der Waals surface area contributed by atoms with Crippen molar-refractivity contribution in [1.82, 2.24) is 0 Å². The number of ether oxygens (including phenoxy) is 1. The number of nitrogens with one attached hydrogen (secondary N) is 1. The molecule has 21 heavy (non-hydrogen) atoms. The Morgan fingerprint density at radius 3 is 2.86 bits per heavy atom. The van der Waals surface area contributed by atoms with Gasteiger partial charge in [0, 0.05) is 28.7 Å². The first-order valence-electron chi connectivity index (χ1n) is 7.42. The van der Waals surface area contributed by atoms with Crippen LogP contribution in [0.25, 0.3) is 0 Å². The van der Waals surface area contributed by atoms with Crippen molar-refractivity contribution in [3.8, 4) is 5.75 Å². The largest absolute Gasteiger partial charge is 0.493 e. The van der Waals surface area contributed by atoms with Crippen LogP contribution in [0.15, 0.2) is 40.9 Å². The van der Waals surface area contributed by atoms with E-state index in [1.165, 1.54) is 22.4 Å². The van der Waals surface area contributed by atoms with Gasteiger partial charge in [-0.25, -0.2) is 0 Å². The van der Waals surface area contributed by atoms with Gasteiger partial charge in [0.2, 0.25) is 0 Å². The molecule has 0 aliphatic carbocycles. The summed E-state index contributed by atoms with van der Waals surface area (Å²) < 4.78 is 6.92. The molecule has 2 aromatic carbocycles. The first-order chi connectivity index (χ1) is 10.1. The van der Waals surface area contributed by atoms with E-state index < -0.39 is 0 Å². The second kappa shape index (κ2) is 6.10. The molecule has 2 aromatic rings. The summed E-state index contributed by atoms with van der Waals surface area (Å²) in [6.45, 7) is 6.02. The van der Waals surface area contributed by atoms with Gasteiger partial charge >= 0.3 is 0 Å². The molecular weight excluding hydrogens is 326 g/mol. The zero-order valence-electron chi connectivity index (χ0n) is 12.4. The van der Waals surface area contributed by atoms with Crippen molar-refractivity contribution in [3.63, 3.8) is 0 Å². The summed E-state index contributed by atoms with van der Waals surface area (Å²) in [4.78, 5) is 0. The van der Waals surface area contributed by atoms with Crippen molar-refractivity contribution in [2.75, 3.05) is 11.9 Å². The van der Waals surface area contributed by atoms with Crippen molar-refractivity contribution in [3.05, 3.63) is 57.6 Å². The Kier molecular flexibility index (Phi) is 4.20. The maximum Gasteiger partial charge on any atom is 0.127 e. The molecule has 0 aromatic heterocycles. The molecule has 0 spiro atoms. The molecule has 0 unspecified atom stereocenters. The molecule has 0 fully saturated rings. The minimum atomic E-state index is 0.512. The van der Waals surface area contributed by atoms with E-state index in [4.69, 9.17) is 4.74 Å². The minimum absolute atomic E-state index is 0.512. The van der Waals surface area contributed by atoms with Crippen LogP contribution in [0, 0.1) is 0 Å². The highest BCUT2D eigenvalue weighted by molar-refractivity contribution is 9.10. The van der Waals surface area contributed by atoms with Gasteiger partial charge in [-0.05, 0) is 35.2 Å². The monoisotopic (exact) mass is 345 g/mol. The first kappa shape index (κ1) is 14.5. The van der Waals surface area contributed by atoms with Crippen molar-refractivity contribution in [1.29, 1.82) is 0 Å². The van der Waals surface area contributed by atoms with Crippen LogP contribution >= 0.6 is 15.9 Å². The summed E-state index contributed by atoms with van der Waals surface area (Å²) in [7, 11) is 0. The molecule has 0 saturated heterocycles. The Morgan fingerprint density at radius 1 is 1.24 bits per heavy atom. The van der Waals surface area contributed by atoms with Crippen molar-refractivity contribution in [2.24, 2.45) is 0 Å². The molecule has 1 aliphatic heterocycles. The van der Waals surface area contributed by atoms with Crippen LogP contribution in [0.4, 0.5) is 5.69 Å². The fraction of sp³-hybridized carbons (Fsp3) is 0.333. The predicted molar refractivity (Wildman–Crippen MR) is 91.2 cm³/mol. The lowest BCUT2D eigenvalue weighted by Crippen LogP contribution is -2.04. The van der Waals surface area contributed by atoms with E-state index in [2.05, 4.69) is 71.5 Å². The Morgan fingerprint density at radius 2 is 2.05 bits per heavy atom. The standard InChI is InChI=1S/C18H20BrNO/c1-12(2)16-5-3-4-6-17(16)20-11-14-10-15(19)9-13-7-8-21-18(13)14/h3-6,9-10,12,20H,7-8,11H2,1-2H3. The zero-order chi connectivity index (χ0) is 14.8. The fourth-order valence-corrected chi connectivity index (χ4v) is 3.38. The van der Waals surface area contributed by atoms with Gasteiger partial charge in [0.05, 0.1) is 6.61 Å². The highest BCUT2D eigenvalue weighted by Crippen LogP contribution is 2.34. The van der Waals surface area contributed by atoms with E-state index >= 15 is 0 Å². The Hall–Kier alpha value is -1.48. The topological polar surface area (TPSA) is 21.3 Å². The number of halogens is 1.